The standard InChI is InChI=1S/C21H21ClF2N6O3/c1-2-3-10-29-17-16(26-20(22)27-17)19(31)30(21(29)32)11-5-4-9-14-25-18(33-28-14)12-7-6-8-13(23)15(12)24/h6-8H,2-5,9-11H2,1H3,(H,26,27). The largest absolute Gasteiger partial charge is 0.334 e. The van der Waals surface area contributed by atoms with Gasteiger partial charge in [-0.05, 0) is 43.0 Å². The molecule has 0 saturated heterocycles. The molecule has 174 valence electrons. The molecule has 3 heterocycles. The number of aromatic amines is 1. The highest BCUT2D eigenvalue weighted by molar-refractivity contribution is 6.28. The molecule has 3 aromatic heterocycles. The second-order valence-electron chi connectivity index (χ2n) is 7.55. The van der Waals surface area contributed by atoms with E-state index in [9.17, 15) is 18.4 Å². The monoisotopic (exact) mass is 478 g/mol. The fraction of sp³-hybridized carbons (Fsp3) is 0.381. The van der Waals surface area contributed by atoms with Gasteiger partial charge in [0.15, 0.2) is 28.6 Å². The summed E-state index contributed by atoms with van der Waals surface area (Å²) in [5.74, 6) is -1.85. The molecule has 12 heteroatoms. The van der Waals surface area contributed by atoms with Crippen molar-refractivity contribution in [2.24, 2.45) is 0 Å². The first-order chi connectivity index (χ1) is 15.9. The van der Waals surface area contributed by atoms with E-state index in [1.54, 1.807) is 0 Å². The molecular weight excluding hydrogens is 458 g/mol. The molecule has 0 aliphatic heterocycles. The van der Waals surface area contributed by atoms with Gasteiger partial charge in [0.2, 0.25) is 5.28 Å². The SMILES string of the molecule is CCCCn1c(=O)n(CCCCc2noc(-c3cccc(F)c3F)n2)c(=O)c2[nH]c(Cl)nc21. The lowest BCUT2D eigenvalue weighted by Gasteiger charge is -2.10. The summed E-state index contributed by atoms with van der Waals surface area (Å²) in [5.41, 5.74) is -0.586. The van der Waals surface area contributed by atoms with Gasteiger partial charge in [-0.25, -0.2) is 13.6 Å². The van der Waals surface area contributed by atoms with Crippen LogP contribution in [0.3, 0.4) is 0 Å². The summed E-state index contributed by atoms with van der Waals surface area (Å²) in [6.45, 7) is 2.61. The number of halogens is 3. The van der Waals surface area contributed by atoms with Crippen molar-refractivity contribution in [3.8, 4) is 11.5 Å². The molecule has 1 aromatic carbocycles. The Balaban J connectivity index is 1.47. The van der Waals surface area contributed by atoms with Gasteiger partial charge in [-0.2, -0.15) is 9.97 Å². The van der Waals surface area contributed by atoms with Crippen molar-refractivity contribution in [2.45, 2.75) is 52.1 Å². The zero-order valence-corrected chi connectivity index (χ0v) is 18.5. The number of rotatable bonds is 9. The predicted octanol–water partition coefficient (Wildman–Crippen LogP) is 3.69. The van der Waals surface area contributed by atoms with Crippen molar-refractivity contribution in [1.29, 1.82) is 0 Å². The second-order valence-corrected chi connectivity index (χ2v) is 7.90. The van der Waals surface area contributed by atoms with Gasteiger partial charge in [0.05, 0.1) is 5.56 Å². The van der Waals surface area contributed by atoms with Gasteiger partial charge in [0.1, 0.15) is 0 Å². The van der Waals surface area contributed by atoms with Crippen molar-refractivity contribution in [3.63, 3.8) is 0 Å². The normalized spacial score (nSPS) is 11.5. The van der Waals surface area contributed by atoms with E-state index in [4.69, 9.17) is 16.1 Å². The number of nitrogens with one attached hydrogen (secondary N) is 1. The van der Waals surface area contributed by atoms with Crippen LogP contribution in [0.2, 0.25) is 5.28 Å². The van der Waals surface area contributed by atoms with E-state index in [0.29, 0.717) is 31.6 Å². The number of imidazole rings is 1. The van der Waals surface area contributed by atoms with Crippen molar-refractivity contribution >= 4 is 22.8 Å². The topological polar surface area (TPSA) is 112 Å². The van der Waals surface area contributed by atoms with Crippen LogP contribution in [-0.2, 0) is 19.5 Å². The maximum atomic E-state index is 13.9. The smallest absolute Gasteiger partial charge is 0.332 e. The molecule has 0 amide bonds. The molecule has 0 atom stereocenters. The van der Waals surface area contributed by atoms with E-state index < -0.39 is 22.9 Å². The van der Waals surface area contributed by atoms with E-state index in [1.807, 2.05) is 6.92 Å². The zero-order chi connectivity index (χ0) is 23.5. The van der Waals surface area contributed by atoms with Gasteiger partial charge in [-0.1, -0.05) is 24.6 Å². The number of nitrogens with zero attached hydrogens (tertiary/aromatic N) is 5. The van der Waals surface area contributed by atoms with Gasteiger partial charge in [-0.15, -0.1) is 0 Å². The van der Waals surface area contributed by atoms with E-state index >= 15 is 0 Å². The van der Waals surface area contributed by atoms with Crippen LogP contribution in [0.15, 0.2) is 32.3 Å². The maximum absolute atomic E-state index is 13.9. The Morgan fingerprint density at radius 1 is 1.09 bits per heavy atom. The lowest BCUT2D eigenvalue weighted by Crippen LogP contribution is -2.40. The van der Waals surface area contributed by atoms with Crippen LogP contribution in [0.5, 0.6) is 0 Å². The quantitative estimate of drug-likeness (QED) is 0.290. The van der Waals surface area contributed by atoms with Crippen LogP contribution in [0.1, 0.15) is 38.4 Å². The van der Waals surface area contributed by atoms with Crippen LogP contribution in [0.4, 0.5) is 8.78 Å². The summed E-state index contributed by atoms with van der Waals surface area (Å²) in [6.07, 6.45) is 3.01. The average molecular weight is 479 g/mol. The Morgan fingerprint density at radius 3 is 2.67 bits per heavy atom. The van der Waals surface area contributed by atoms with Crippen molar-refractivity contribution in [2.75, 3.05) is 0 Å². The molecule has 0 spiro atoms. The number of fused-ring (bicyclic) bond motifs is 1. The van der Waals surface area contributed by atoms with Crippen molar-refractivity contribution in [3.05, 3.63) is 61.8 Å². The minimum Gasteiger partial charge on any atom is -0.334 e. The lowest BCUT2D eigenvalue weighted by atomic mass is 10.2. The van der Waals surface area contributed by atoms with Gasteiger partial charge in [0.25, 0.3) is 11.4 Å². The first-order valence-electron chi connectivity index (χ1n) is 10.6. The minimum atomic E-state index is -1.05. The molecule has 0 radical (unpaired) electrons. The molecule has 0 unspecified atom stereocenters. The van der Waals surface area contributed by atoms with Gasteiger partial charge >= 0.3 is 5.69 Å². The molecular formula is C21H21ClF2N6O3. The van der Waals surface area contributed by atoms with Gasteiger partial charge in [-0.3, -0.25) is 13.9 Å². The third-order valence-electron chi connectivity index (χ3n) is 5.25. The molecule has 33 heavy (non-hydrogen) atoms. The summed E-state index contributed by atoms with van der Waals surface area (Å²) in [6, 6.07) is 3.71. The predicted molar refractivity (Wildman–Crippen MR) is 117 cm³/mol. The Labute approximate surface area is 191 Å². The minimum absolute atomic E-state index is 0.0483. The summed E-state index contributed by atoms with van der Waals surface area (Å²) >= 11 is 5.93. The summed E-state index contributed by atoms with van der Waals surface area (Å²) in [4.78, 5) is 36.6. The Kier molecular flexibility index (Phi) is 6.68. The number of benzene rings is 1. The molecule has 0 fully saturated rings. The van der Waals surface area contributed by atoms with Crippen LogP contribution in [-0.4, -0.2) is 29.2 Å². The number of H-pyrrole nitrogens is 1. The van der Waals surface area contributed by atoms with Crippen LogP contribution in [0, 0.1) is 11.6 Å². The summed E-state index contributed by atoms with van der Waals surface area (Å²) in [5, 5.41) is 3.85. The van der Waals surface area contributed by atoms with E-state index in [0.717, 1.165) is 23.5 Å². The van der Waals surface area contributed by atoms with Crippen molar-refractivity contribution < 1.29 is 13.3 Å². The summed E-state index contributed by atoms with van der Waals surface area (Å²) in [7, 11) is 0. The fourth-order valence-electron chi connectivity index (χ4n) is 3.54. The summed E-state index contributed by atoms with van der Waals surface area (Å²) < 4.78 is 35.0. The zero-order valence-electron chi connectivity index (χ0n) is 17.8. The lowest BCUT2D eigenvalue weighted by molar-refractivity contribution is 0.416. The maximum Gasteiger partial charge on any atom is 0.332 e. The highest BCUT2D eigenvalue weighted by Gasteiger charge is 2.18. The van der Waals surface area contributed by atoms with E-state index in [-0.39, 0.29) is 34.4 Å². The molecule has 0 saturated carbocycles. The van der Waals surface area contributed by atoms with Gasteiger partial charge < -0.3 is 9.51 Å². The molecule has 0 bridgehead atoms. The van der Waals surface area contributed by atoms with Crippen LogP contribution in [0.25, 0.3) is 22.6 Å². The Hall–Kier alpha value is -3.34. The Morgan fingerprint density at radius 2 is 1.88 bits per heavy atom. The third kappa shape index (κ3) is 4.58. The van der Waals surface area contributed by atoms with Crippen LogP contribution >= 0.6 is 11.6 Å². The number of hydrogen-bond donors (Lipinski definition) is 1. The van der Waals surface area contributed by atoms with Crippen molar-refractivity contribution in [1.82, 2.24) is 29.2 Å². The highest BCUT2D eigenvalue weighted by atomic mass is 35.5. The molecule has 0 aliphatic carbocycles. The number of unbranched alkanes of at least 4 members (excludes halogenated alkanes) is 2. The number of hydrogen-bond acceptors (Lipinski definition) is 6. The third-order valence-corrected chi connectivity index (χ3v) is 5.43. The number of aromatic nitrogens is 6. The first-order valence-corrected chi connectivity index (χ1v) is 10.9. The first kappa shape index (κ1) is 22.8. The van der Waals surface area contributed by atoms with Crippen LogP contribution < -0.4 is 11.2 Å². The Bertz CT molecular complexity index is 1410. The molecule has 9 nitrogen and oxygen atoms in total. The molecule has 1 N–H and O–H groups in total. The molecule has 4 rings (SSSR count). The average Bonchev–Trinajstić information content (AvgIpc) is 3.42. The second kappa shape index (κ2) is 9.65. The number of aryl methyl sites for hydroxylation is 2. The van der Waals surface area contributed by atoms with Gasteiger partial charge in [0, 0.05) is 19.5 Å². The fourth-order valence-corrected chi connectivity index (χ4v) is 3.71. The molecule has 4 aromatic rings. The highest BCUT2D eigenvalue weighted by Crippen LogP contribution is 2.23. The van der Waals surface area contributed by atoms with E-state index in [2.05, 4.69) is 20.1 Å². The van der Waals surface area contributed by atoms with E-state index in [1.165, 1.54) is 16.7 Å². The molecule has 0 aliphatic rings.